The summed E-state index contributed by atoms with van der Waals surface area (Å²) in [5.41, 5.74) is 0. The van der Waals surface area contributed by atoms with Crippen LogP contribution in [0, 0.1) is 11.8 Å². The number of carbonyl (C=O) groups excluding carboxylic acids is 1. The first-order valence-corrected chi connectivity index (χ1v) is 6.86. The van der Waals surface area contributed by atoms with E-state index in [0.29, 0.717) is 11.8 Å². The first kappa shape index (κ1) is 13.1. The van der Waals surface area contributed by atoms with Gasteiger partial charge in [0.05, 0.1) is 0 Å². The van der Waals surface area contributed by atoms with Crippen molar-refractivity contribution in [2.75, 3.05) is 13.1 Å². The van der Waals surface area contributed by atoms with Gasteiger partial charge in [-0.15, -0.1) is 0 Å². The van der Waals surface area contributed by atoms with E-state index >= 15 is 0 Å². The van der Waals surface area contributed by atoms with Crippen molar-refractivity contribution in [1.82, 2.24) is 14.7 Å². The molecule has 1 aromatic rings. The van der Waals surface area contributed by atoms with Crippen LogP contribution < -0.4 is 0 Å². The zero-order valence-electron chi connectivity index (χ0n) is 11.5. The number of aromatic nitrogens is 2. The molecule has 4 nitrogen and oxygen atoms in total. The molecule has 0 radical (unpaired) electrons. The molecule has 1 aromatic heterocycles. The molecule has 2 heterocycles. The van der Waals surface area contributed by atoms with Crippen LogP contribution in [0.15, 0.2) is 18.5 Å². The molecular weight excluding hydrogens is 226 g/mol. The van der Waals surface area contributed by atoms with E-state index < -0.39 is 0 Å². The topological polar surface area (TPSA) is 38.1 Å². The SMILES string of the molecule is CC(C)C[C@H]1CCN(C(=O)[C@@H](C)n2cccn2)C1. The smallest absolute Gasteiger partial charge is 0.247 e. The molecule has 1 aliphatic rings. The second kappa shape index (κ2) is 5.55. The molecule has 1 fully saturated rings. The van der Waals surface area contributed by atoms with E-state index in [0.717, 1.165) is 19.5 Å². The number of rotatable bonds is 4. The van der Waals surface area contributed by atoms with Gasteiger partial charge in [0.2, 0.25) is 5.91 Å². The average molecular weight is 249 g/mol. The van der Waals surface area contributed by atoms with E-state index in [1.807, 2.05) is 24.1 Å². The van der Waals surface area contributed by atoms with E-state index in [4.69, 9.17) is 0 Å². The van der Waals surface area contributed by atoms with Crippen LogP contribution in [0.5, 0.6) is 0 Å². The Morgan fingerprint density at radius 2 is 2.22 bits per heavy atom. The molecule has 0 N–H and O–H groups in total. The molecule has 100 valence electrons. The van der Waals surface area contributed by atoms with Crippen molar-refractivity contribution in [3.8, 4) is 0 Å². The van der Waals surface area contributed by atoms with Crippen molar-refractivity contribution < 1.29 is 4.79 Å². The normalized spacial score (nSPS) is 21.6. The lowest BCUT2D eigenvalue weighted by Gasteiger charge is -2.21. The number of hydrogen-bond donors (Lipinski definition) is 0. The van der Waals surface area contributed by atoms with Crippen LogP contribution in [0.1, 0.15) is 39.7 Å². The number of carbonyl (C=O) groups is 1. The summed E-state index contributed by atoms with van der Waals surface area (Å²) in [6.07, 6.45) is 5.94. The molecule has 0 bridgehead atoms. The zero-order valence-corrected chi connectivity index (χ0v) is 11.5. The standard InChI is InChI=1S/C14H23N3O/c1-11(2)9-13-5-8-16(10-13)14(18)12(3)17-7-4-6-15-17/h4,6-7,11-13H,5,8-10H2,1-3H3/t12-,13-/m1/s1. The van der Waals surface area contributed by atoms with Gasteiger partial charge in [0.1, 0.15) is 6.04 Å². The van der Waals surface area contributed by atoms with Crippen LogP contribution in [0.25, 0.3) is 0 Å². The van der Waals surface area contributed by atoms with E-state index in [9.17, 15) is 4.79 Å². The highest BCUT2D eigenvalue weighted by atomic mass is 16.2. The zero-order chi connectivity index (χ0) is 13.1. The molecule has 4 heteroatoms. The highest BCUT2D eigenvalue weighted by Crippen LogP contribution is 2.25. The Labute approximate surface area is 109 Å². The number of amides is 1. The third kappa shape index (κ3) is 2.92. The predicted molar refractivity (Wildman–Crippen MR) is 71.1 cm³/mol. The van der Waals surface area contributed by atoms with Crippen LogP contribution in [0.2, 0.25) is 0 Å². The summed E-state index contributed by atoms with van der Waals surface area (Å²) in [6.45, 7) is 8.24. The maximum Gasteiger partial charge on any atom is 0.247 e. The maximum absolute atomic E-state index is 12.3. The summed E-state index contributed by atoms with van der Waals surface area (Å²) in [6, 6.07) is 1.67. The average Bonchev–Trinajstić information content (AvgIpc) is 2.96. The molecule has 1 saturated heterocycles. The Morgan fingerprint density at radius 1 is 1.44 bits per heavy atom. The summed E-state index contributed by atoms with van der Waals surface area (Å²) >= 11 is 0. The van der Waals surface area contributed by atoms with Crippen molar-refractivity contribution in [2.45, 2.75) is 39.7 Å². The Bertz CT molecular complexity index is 386. The Balaban J connectivity index is 1.91. The van der Waals surface area contributed by atoms with Gasteiger partial charge >= 0.3 is 0 Å². The molecule has 18 heavy (non-hydrogen) atoms. The largest absolute Gasteiger partial charge is 0.341 e. The Morgan fingerprint density at radius 3 is 2.83 bits per heavy atom. The van der Waals surface area contributed by atoms with Gasteiger partial charge in [0, 0.05) is 25.5 Å². The number of hydrogen-bond acceptors (Lipinski definition) is 2. The van der Waals surface area contributed by atoms with Crippen LogP contribution in [-0.4, -0.2) is 33.7 Å². The minimum Gasteiger partial charge on any atom is -0.341 e. The lowest BCUT2D eigenvalue weighted by Crippen LogP contribution is -2.34. The first-order valence-electron chi connectivity index (χ1n) is 6.86. The predicted octanol–water partition coefficient (Wildman–Crippen LogP) is 2.34. The van der Waals surface area contributed by atoms with Gasteiger partial charge in [-0.1, -0.05) is 13.8 Å². The quantitative estimate of drug-likeness (QED) is 0.821. The summed E-state index contributed by atoms with van der Waals surface area (Å²) in [4.78, 5) is 14.3. The molecule has 0 unspecified atom stereocenters. The van der Waals surface area contributed by atoms with Crippen molar-refractivity contribution in [3.63, 3.8) is 0 Å². The van der Waals surface area contributed by atoms with Crippen LogP contribution >= 0.6 is 0 Å². The fourth-order valence-corrected chi connectivity index (χ4v) is 2.78. The maximum atomic E-state index is 12.3. The van der Waals surface area contributed by atoms with Crippen molar-refractivity contribution in [2.24, 2.45) is 11.8 Å². The summed E-state index contributed by atoms with van der Waals surface area (Å²) < 4.78 is 1.73. The van der Waals surface area contributed by atoms with Crippen LogP contribution in [0.3, 0.4) is 0 Å². The lowest BCUT2D eigenvalue weighted by atomic mass is 9.97. The molecule has 1 amide bonds. The van der Waals surface area contributed by atoms with E-state index in [1.165, 1.54) is 6.42 Å². The molecule has 1 aliphatic heterocycles. The second-order valence-corrected chi connectivity index (χ2v) is 5.73. The fraction of sp³-hybridized carbons (Fsp3) is 0.714. The Hall–Kier alpha value is -1.32. The lowest BCUT2D eigenvalue weighted by molar-refractivity contribution is -0.133. The van der Waals surface area contributed by atoms with Crippen LogP contribution in [0.4, 0.5) is 0 Å². The van der Waals surface area contributed by atoms with Crippen molar-refractivity contribution in [1.29, 1.82) is 0 Å². The van der Waals surface area contributed by atoms with Crippen LogP contribution in [-0.2, 0) is 4.79 Å². The van der Waals surface area contributed by atoms with Crippen molar-refractivity contribution >= 4 is 5.91 Å². The van der Waals surface area contributed by atoms with Gasteiger partial charge in [-0.25, -0.2) is 0 Å². The third-order valence-corrected chi connectivity index (χ3v) is 3.68. The molecule has 2 atom stereocenters. The third-order valence-electron chi connectivity index (χ3n) is 3.68. The number of likely N-dealkylation sites (tertiary alicyclic amines) is 1. The van der Waals surface area contributed by atoms with Gasteiger partial charge in [-0.3, -0.25) is 9.48 Å². The van der Waals surface area contributed by atoms with E-state index in [1.54, 1.807) is 10.9 Å². The van der Waals surface area contributed by atoms with Gasteiger partial charge in [0.25, 0.3) is 0 Å². The molecular formula is C14H23N3O. The minimum absolute atomic E-state index is 0.183. The highest BCUT2D eigenvalue weighted by Gasteiger charge is 2.29. The minimum atomic E-state index is -0.183. The monoisotopic (exact) mass is 249 g/mol. The molecule has 0 aliphatic carbocycles. The summed E-state index contributed by atoms with van der Waals surface area (Å²) in [5.74, 6) is 1.59. The summed E-state index contributed by atoms with van der Waals surface area (Å²) in [5, 5.41) is 4.15. The van der Waals surface area contributed by atoms with Gasteiger partial charge < -0.3 is 4.90 Å². The highest BCUT2D eigenvalue weighted by molar-refractivity contribution is 5.80. The summed E-state index contributed by atoms with van der Waals surface area (Å²) in [7, 11) is 0. The van der Waals surface area contributed by atoms with E-state index in [-0.39, 0.29) is 11.9 Å². The molecule has 0 aromatic carbocycles. The van der Waals surface area contributed by atoms with Crippen molar-refractivity contribution in [3.05, 3.63) is 18.5 Å². The van der Waals surface area contributed by atoms with Gasteiger partial charge in [-0.2, -0.15) is 5.10 Å². The fourth-order valence-electron chi connectivity index (χ4n) is 2.78. The van der Waals surface area contributed by atoms with Gasteiger partial charge in [-0.05, 0) is 37.7 Å². The van der Waals surface area contributed by atoms with Gasteiger partial charge in [0.15, 0.2) is 0 Å². The molecule has 2 rings (SSSR count). The molecule has 0 saturated carbocycles. The second-order valence-electron chi connectivity index (χ2n) is 5.73. The molecule has 0 spiro atoms. The first-order chi connectivity index (χ1) is 8.58. The van der Waals surface area contributed by atoms with E-state index in [2.05, 4.69) is 18.9 Å². The Kier molecular flexibility index (Phi) is 4.04. The number of nitrogens with zero attached hydrogens (tertiary/aromatic N) is 3.